The molecule has 11 heteroatoms. The Balaban J connectivity index is 1.48. The first-order valence-corrected chi connectivity index (χ1v) is 12.7. The van der Waals surface area contributed by atoms with Crippen LogP contribution < -0.4 is 9.46 Å². The summed E-state index contributed by atoms with van der Waals surface area (Å²) in [6.45, 7) is 3.54. The zero-order valence-electron chi connectivity index (χ0n) is 18.6. The van der Waals surface area contributed by atoms with E-state index < -0.39 is 28.0 Å². The number of sulfonamides is 1. The fourth-order valence-electron chi connectivity index (χ4n) is 4.36. The minimum Gasteiger partial charge on any atom is -0.404 e. The number of nitrogens with one attached hydrogen (secondary N) is 1. The standard InChI is InChI=1S/C23H26F3N3O4S/c1-2-34(31,32)27-19-9-8-17(16-20(19)33-23(24,25)26)21(30)28-12-14-29(15-13-28)22(10-11-22)18-6-4-3-5-7-18/h3-9,16,27H,2,10-15H2,1H3. The third-order valence-corrected chi connectivity index (χ3v) is 7.60. The summed E-state index contributed by atoms with van der Waals surface area (Å²) >= 11 is 0. The Hall–Kier alpha value is -2.79. The Morgan fingerprint density at radius 3 is 2.26 bits per heavy atom. The van der Waals surface area contributed by atoms with Crippen LogP contribution in [0.3, 0.4) is 0 Å². The van der Waals surface area contributed by atoms with Crippen LogP contribution >= 0.6 is 0 Å². The van der Waals surface area contributed by atoms with Crippen LogP contribution in [0.2, 0.25) is 0 Å². The molecule has 0 aromatic heterocycles. The second kappa shape index (κ2) is 9.10. The molecule has 1 saturated carbocycles. The molecule has 7 nitrogen and oxygen atoms in total. The summed E-state index contributed by atoms with van der Waals surface area (Å²) in [7, 11) is -3.84. The van der Waals surface area contributed by atoms with Crippen molar-refractivity contribution in [2.24, 2.45) is 0 Å². The Morgan fingerprint density at radius 2 is 1.71 bits per heavy atom. The SMILES string of the molecule is CCS(=O)(=O)Nc1ccc(C(=O)N2CCN(C3(c4ccccc4)CC3)CC2)cc1OC(F)(F)F. The van der Waals surface area contributed by atoms with Crippen LogP contribution in [0.1, 0.15) is 35.7 Å². The number of amides is 1. The van der Waals surface area contributed by atoms with Gasteiger partial charge in [0.2, 0.25) is 10.0 Å². The smallest absolute Gasteiger partial charge is 0.404 e. The van der Waals surface area contributed by atoms with Gasteiger partial charge in [0.05, 0.1) is 11.4 Å². The van der Waals surface area contributed by atoms with Crippen molar-refractivity contribution in [2.45, 2.75) is 31.7 Å². The van der Waals surface area contributed by atoms with E-state index in [9.17, 15) is 26.4 Å². The fourth-order valence-corrected chi connectivity index (χ4v) is 5.01. The van der Waals surface area contributed by atoms with E-state index in [-0.39, 0.29) is 22.5 Å². The van der Waals surface area contributed by atoms with Gasteiger partial charge in [-0.05, 0) is 43.5 Å². The molecular weight excluding hydrogens is 471 g/mol. The molecule has 1 heterocycles. The van der Waals surface area contributed by atoms with Gasteiger partial charge in [0.1, 0.15) is 0 Å². The van der Waals surface area contributed by atoms with Gasteiger partial charge in [-0.1, -0.05) is 30.3 Å². The lowest BCUT2D eigenvalue weighted by molar-refractivity contribution is -0.274. The molecule has 184 valence electrons. The van der Waals surface area contributed by atoms with E-state index >= 15 is 0 Å². The minimum absolute atomic E-state index is 0.00219. The van der Waals surface area contributed by atoms with Crippen molar-refractivity contribution in [2.75, 3.05) is 36.7 Å². The molecule has 1 amide bonds. The average molecular weight is 498 g/mol. The molecule has 2 aromatic carbocycles. The summed E-state index contributed by atoms with van der Waals surface area (Å²) in [4.78, 5) is 17.0. The maximum atomic E-state index is 13.0. The average Bonchev–Trinajstić information content (AvgIpc) is 3.61. The maximum absolute atomic E-state index is 13.0. The molecule has 1 saturated heterocycles. The molecule has 0 radical (unpaired) electrons. The van der Waals surface area contributed by atoms with Crippen LogP contribution in [-0.4, -0.2) is 62.4 Å². The normalized spacial score (nSPS) is 18.4. The molecule has 0 bridgehead atoms. The monoisotopic (exact) mass is 497 g/mol. The zero-order chi connectivity index (χ0) is 24.6. The number of alkyl halides is 3. The summed E-state index contributed by atoms with van der Waals surface area (Å²) in [6.07, 6.45) is -2.94. The lowest BCUT2D eigenvalue weighted by Crippen LogP contribution is -2.52. The highest BCUT2D eigenvalue weighted by atomic mass is 32.2. The number of carbonyl (C=O) groups excluding carboxylic acids is 1. The Labute approximate surface area is 196 Å². The fraction of sp³-hybridized carbons (Fsp3) is 0.435. The summed E-state index contributed by atoms with van der Waals surface area (Å²) < 4.78 is 68.5. The summed E-state index contributed by atoms with van der Waals surface area (Å²) in [5.41, 5.74) is 0.881. The summed E-state index contributed by atoms with van der Waals surface area (Å²) in [5, 5.41) is 0. The lowest BCUT2D eigenvalue weighted by atomic mass is 10.0. The number of hydrogen-bond acceptors (Lipinski definition) is 5. The van der Waals surface area contributed by atoms with E-state index in [4.69, 9.17) is 0 Å². The number of hydrogen-bond donors (Lipinski definition) is 1. The third-order valence-electron chi connectivity index (χ3n) is 6.31. The van der Waals surface area contributed by atoms with E-state index in [1.165, 1.54) is 18.6 Å². The first-order chi connectivity index (χ1) is 16.0. The summed E-state index contributed by atoms with van der Waals surface area (Å²) in [6, 6.07) is 13.6. The first-order valence-electron chi connectivity index (χ1n) is 11.0. The number of rotatable bonds is 7. The van der Waals surface area contributed by atoms with Gasteiger partial charge in [-0.25, -0.2) is 8.42 Å². The molecular formula is C23H26F3N3O4S. The lowest BCUT2D eigenvalue weighted by Gasteiger charge is -2.40. The third kappa shape index (κ3) is 5.30. The molecule has 1 N–H and O–H groups in total. The topological polar surface area (TPSA) is 79.0 Å². The molecule has 1 aliphatic carbocycles. The summed E-state index contributed by atoms with van der Waals surface area (Å²) in [5.74, 6) is -1.52. The molecule has 34 heavy (non-hydrogen) atoms. The van der Waals surface area contributed by atoms with Crippen molar-refractivity contribution in [3.8, 4) is 5.75 Å². The Morgan fingerprint density at radius 1 is 1.06 bits per heavy atom. The largest absolute Gasteiger partial charge is 0.573 e. The van der Waals surface area contributed by atoms with Crippen LogP contribution in [0.25, 0.3) is 0 Å². The number of benzene rings is 2. The second-order valence-corrected chi connectivity index (χ2v) is 10.5. The molecule has 2 fully saturated rings. The predicted octanol–water partition coefficient (Wildman–Crippen LogP) is 3.79. The molecule has 0 unspecified atom stereocenters. The number of piperazine rings is 1. The Kier molecular flexibility index (Phi) is 6.52. The van der Waals surface area contributed by atoms with Gasteiger partial charge in [0.15, 0.2) is 5.75 Å². The molecule has 4 rings (SSSR count). The molecule has 0 spiro atoms. The molecule has 1 aliphatic heterocycles. The quantitative estimate of drug-likeness (QED) is 0.630. The first kappa shape index (κ1) is 24.3. The van der Waals surface area contributed by atoms with Crippen molar-refractivity contribution in [3.63, 3.8) is 0 Å². The van der Waals surface area contributed by atoms with Crippen molar-refractivity contribution in [1.29, 1.82) is 0 Å². The maximum Gasteiger partial charge on any atom is 0.573 e. The number of ether oxygens (including phenoxy) is 1. The van der Waals surface area contributed by atoms with Gasteiger partial charge < -0.3 is 9.64 Å². The van der Waals surface area contributed by atoms with Gasteiger partial charge in [0.25, 0.3) is 5.91 Å². The van der Waals surface area contributed by atoms with E-state index in [1.807, 2.05) is 18.2 Å². The van der Waals surface area contributed by atoms with E-state index in [0.717, 1.165) is 25.0 Å². The van der Waals surface area contributed by atoms with Crippen LogP contribution in [0.5, 0.6) is 5.75 Å². The van der Waals surface area contributed by atoms with E-state index in [2.05, 4.69) is 26.5 Å². The van der Waals surface area contributed by atoms with Gasteiger partial charge >= 0.3 is 6.36 Å². The number of halogens is 3. The number of anilines is 1. The van der Waals surface area contributed by atoms with Gasteiger partial charge in [-0.2, -0.15) is 0 Å². The predicted molar refractivity (Wildman–Crippen MR) is 121 cm³/mol. The van der Waals surface area contributed by atoms with E-state index in [1.54, 1.807) is 4.90 Å². The molecule has 2 aliphatic rings. The van der Waals surface area contributed by atoms with Crippen molar-refractivity contribution >= 4 is 21.6 Å². The van der Waals surface area contributed by atoms with Crippen LogP contribution in [-0.2, 0) is 15.6 Å². The molecule has 2 aromatic rings. The van der Waals surface area contributed by atoms with Crippen molar-refractivity contribution < 1.29 is 31.1 Å². The second-order valence-electron chi connectivity index (χ2n) is 8.44. The van der Waals surface area contributed by atoms with Crippen molar-refractivity contribution in [3.05, 3.63) is 59.7 Å². The van der Waals surface area contributed by atoms with E-state index in [0.29, 0.717) is 26.2 Å². The van der Waals surface area contributed by atoms with Gasteiger partial charge in [-0.15, -0.1) is 13.2 Å². The Bertz CT molecular complexity index is 1140. The zero-order valence-corrected chi connectivity index (χ0v) is 19.5. The highest BCUT2D eigenvalue weighted by molar-refractivity contribution is 7.92. The number of nitrogens with zero attached hydrogens (tertiary/aromatic N) is 2. The van der Waals surface area contributed by atoms with Crippen LogP contribution in [0.15, 0.2) is 48.5 Å². The minimum atomic E-state index is -5.05. The highest BCUT2D eigenvalue weighted by Gasteiger charge is 2.50. The van der Waals surface area contributed by atoms with Crippen molar-refractivity contribution in [1.82, 2.24) is 9.80 Å². The highest BCUT2D eigenvalue weighted by Crippen LogP contribution is 2.51. The van der Waals surface area contributed by atoms with Crippen LogP contribution in [0, 0.1) is 0 Å². The van der Waals surface area contributed by atoms with Crippen LogP contribution in [0.4, 0.5) is 18.9 Å². The van der Waals surface area contributed by atoms with Gasteiger partial charge in [0, 0.05) is 37.3 Å². The van der Waals surface area contributed by atoms with Gasteiger partial charge in [-0.3, -0.25) is 14.4 Å². The molecule has 0 atom stereocenters. The number of carbonyl (C=O) groups is 1.